The van der Waals surface area contributed by atoms with Crippen molar-refractivity contribution < 1.29 is 9.13 Å². The lowest BCUT2D eigenvalue weighted by Crippen LogP contribution is -2.25. The number of ether oxygens (including phenoxy) is 1. The molecule has 14 heavy (non-hydrogen) atoms. The Morgan fingerprint density at radius 3 is 2.86 bits per heavy atom. The van der Waals surface area contributed by atoms with Crippen LogP contribution in [-0.4, -0.2) is 19.7 Å². The Morgan fingerprint density at radius 1 is 1.57 bits per heavy atom. The number of benzene rings is 1. The van der Waals surface area contributed by atoms with Gasteiger partial charge in [0.2, 0.25) is 0 Å². The lowest BCUT2D eigenvalue weighted by Gasteiger charge is -2.13. The quantitative estimate of drug-likeness (QED) is 0.772. The Balaban J connectivity index is 2.79. The molecule has 0 aromatic heterocycles. The van der Waals surface area contributed by atoms with E-state index in [-0.39, 0.29) is 17.6 Å². The summed E-state index contributed by atoms with van der Waals surface area (Å²) in [5, 5.41) is 3.12. The summed E-state index contributed by atoms with van der Waals surface area (Å²) in [6.45, 7) is 2.48. The van der Waals surface area contributed by atoms with Crippen molar-refractivity contribution in [2.75, 3.05) is 19.0 Å². The van der Waals surface area contributed by atoms with Gasteiger partial charge in [0.25, 0.3) is 0 Å². The molecule has 1 atom stereocenters. The van der Waals surface area contributed by atoms with Crippen LogP contribution in [0.25, 0.3) is 0 Å². The fourth-order valence-electron chi connectivity index (χ4n) is 1.09. The van der Waals surface area contributed by atoms with Crippen LogP contribution in [0.3, 0.4) is 0 Å². The fourth-order valence-corrected chi connectivity index (χ4v) is 1.09. The largest absolute Gasteiger partial charge is 0.494 e. The van der Waals surface area contributed by atoms with E-state index >= 15 is 0 Å². The van der Waals surface area contributed by atoms with Gasteiger partial charge in [0.05, 0.1) is 7.11 Å². The topological polar surface area (TPSA) is 47.3 Å². The van der Waals surface area contributed by atoms with Gasteiger partial charge < -0.3 is 15.8 Å². The molecule has 0 radical (unpaired) electrons. The molecule has 0 saturated heterocycles. The van der Waals surface area contributed by atoms with Crippen LogP contribution in [0.15, 0.2) is 18.2 Å². The standard InChI is InChI=1S/C10H15FN2O/c1-7(6-12)13-8-3-4-9(11)10(5-8)14-2/h3-5,7,13H,6,12H2,1-2H3. The van der Waals surface area contributed by atoms with Gasteiger partial charge in [-0.2, -0.15) is 0 Å². The first-order chi connectivity index (χ1) is 6.67. The number of nitrogens with one attached hydrogen (secondary N) is 1. The maximum absolute atomic E-state index is 13.0. The zero-order valence-electron chi connectivity index (χ0n) is 8.38. The number of methoxy groups -OCH3 is 1. The van der Waals surface area contributed by atoms with Crippen LogP contribution in [0.5, 0.6) is 5.75 Å². The summed E-state index contributed by atoms with van der Waals surface area (Å²) < 4.78 is 17.9. The van der Waals surface area contributed by atoms with Crippen LogP contribution in [0.1, 0.15) is 6.92 Å². The second-order valence-electron chi connectivity index (χ2n) is 3.13. The minimum absolute atomic E-state index is 0.158. The zero-order chi connectivity index (χ0) is 10.6. The maximum Gasteiger partial charge on any atom is 0.165 e. The molecular formula is C10H15FN2O. The van der Waals surface area contributed by atoms with Gasteiger partial charge in [-0.15, -0.1) is 0 Å². The summed E-state index contributed by atoms with van der Waals surface area (Å²) in [7, 11) is 1.44. The summed E-state index contributed by atoms with van der Waals surface area (Å²) in [5.41, 5.74) is 6.26. The lowest BCUT2D eigenvalue weighted by atomic mass is 10.2. The molecule has 0 aliphatic carbocycles. The average molecular weight is 198 g/mol. The predicted octanol–water partition coefficient (Wildman–Crippen LogP) is 1.59. The molecule has 0 aliphatic heterocycles. The number of halogens is 1. The molecule has 1 aromatic carbocycles. The molecule has 0 aliphatic rings. The van der Waals surface area contributed by atoms with Crippen molar-refractivity contribution in [1.82, 2.24) is 0 Å². The Hall–Kier alpha value is -1.29. The molecule has 0 bridgehead atoms. The summed E-state index contributed by atoms with van der Waals surface area (Å²) >= 11 is 0. The van der Waals surface area contributed by atoms with E-state index in [1.54, 1.807) is 12.1 Å². The number of nitrogens with two attached hydrogens (primary N) is 1. The molecule has 0 amide bonds. The second kappa shape index (κ2) is 4.81. The van der Waals surface area contributed by atoms with E-state index in [0.717, 1.165) is 5.69 Å². The SMILES string of the molecule is COc1cc(NC(C)CN)ccc1F. The molecule has 0 heterocycles. The van der Waals surface area contributed by atoms with E-state index < -0.39 is 0 Å². The van der Waals surface area contributed by atoms with E-state index in [4.69, 9.17) is 10.5 Å². The Bertz CT molecular complexity index is 304. The van der Waals surface area contributed by atoms with Gasteiger partial charge in [0.1, 0.15) is 0 Å². The molecule has 78 valence electrons. The number of rotatable bonds is 4. The maximum atomic E-state index is 13.0. The molecule has 1 aromatic rings. The third-order valence-corrected chi connectivity index (χ3v) is 1.92. The van der Waals surface area contributed by atoms with Crippen molar-refractivity contribution in [3.05, 3.63) is 24.0 Å². The number of hydrogen-bond donors (Lipinski definition) is 2. The van der Waals surface area contributed by atoms with Crippen LogP contribution in [0.4, 0.5) is 10.1 Å². The summed E-state index contributed by atoms with van der Waals surface area (Å²) in [4.78, 5) is 0. The highest BCUT2D eigenvalue weighted by atomic mass is 19.1. The van der Waals surface area contributed by atoms with Crippen LogP contribution < -0.4 is 15.8 Å². The van der Waals surface area contributed by atoms with Crippen LogP contribution in [-0.2, 0) is 0 Å². The van der Waals surface area contributed by atoms with Gasteiger partial charge in [-0.05, 0) is 19.1 Å². The third kappa shape index (κ3) is 2.60. The van der Waals surface area contributed by atoms with Crippen LogP contribution in [0.2, 0.25) is 0 Å². The van der Waals surface area contributed by atoms with E-state index in [1.165, 1.54) is 13.2 Å². The third-order valence-electron chi connectivity index (χ3n) is 1.92. The first kappa shape index (κ1) is 10.8. The van der Waals surface area contributed by atoms with Crippen LogP contribution >= 0.6 is 0 Å². The molecule has 0 saturated carbocycles. The Labute approximate surface area is 83.1 Å². The molecule has 1 rings (SSSR count). The van der Waals surface area contributed by atoms with E-state index in [2.05, 4.69) is 5.32 Å². The first-order valence-electron chi connectivity index (χ1n) is 4.47. The summed E-state index contributed by atoms with van der Waals surface area (Å²) in [6, 6.07) is 4.79. The van der Waals surface area contributed by atoms with Gasteiger partial charge in [0, 0.05) is 24.3 Å². The van der Waals surface area contributed by atoms with E-state index in [9.17, 15) is 4.39 Å². The summed E-state index contributed by atoms with van der Waals surface area (Å²) in [5.74, 6) is -0.127. The first-order valence-corrected chi connectivity index (χ1v) is 4.47. The van der Waals surface area contributed by atoms with Gasteiger partial charge in [-0.3, -0.25) is 0 Å². The lowest BCUT2D eigenvalue weighted by molar-refractivity contribution is 0.387. The molecule has 0 fully saturated rings. The normalized spacial score (nSPS) is 12.3. The van der Waals surface area contributed by atoms with E-state index in [0.29, 0.717) is 6.54 Å². The molecule has 3 nitrogen and oxygen atoms in total. The van der Waals surface area contributed by atoms with Crippen molar-refractivity contribution in [3.8, 4) is 5.75 Å². The highest BCUT2D eigenvalue weighted by Crippen LogP contribution is 2.21. The fraction of sp³-hybridized carbons (Fsp3) is 0.400. The molecule has 1 unspecified atom stereocenters. The molecular weight excluding hydrogens is 183 g/mol. The molecule has 3 N–H and O–H groups in total. The Morgan fingerprint density at radius 2 is 2.29 bits per heavy atom. The molecule has 4 heteroatoms. The Kier molecular flexibility index (Phi) is 3.71. The van der Waals surface area contributed by atoms with Crippen molar-refractivity contribution in [1.29, 1.82) is 0 Å². The second-order valence-corrected chi connectivity index (χ2v) is 3.13. The van der Waals surface area contributed by atoms with Gasteiger partial charge in [0.15, 0.2) is 11.6 Å². The van der Waals surface area contributed by atoms with Crippen LogP contribution in [0, 0.1) is 5.82 Å². The average Bonchev–Trinajstić information content (AvgIpc) is 2.20. The van der Waals surface area contributed by atoms with Crippen molar-refractivity contribution in [2.24, 2.45) is 5.73 Å². The minimum Gasteiger partial charge on any atom is -0.494 e. The smallest absolute Gasteiger partial charge is 0.165 e. The molecule has 0 spiro atoms. The van der Waals surface area contributed by atoms with Gasteiger partial charge in [-0.25, -0.2) is 4.39 Å². The van der Waals surface area contributed by atoms with Crippen molar-refractivity contribution >= 4 is 5.69 Å². The van der Waals surface area contributed by atoms with Crippen molar-refractivity contribution in [3.63, 3.8) is 0 Å². The minimum atomic E-state index is -0.363. The zero-order valence-corrected chi connectivity index (χ0v) is 8.38. The van der Waals surface area contributed by atoms with Gasteiger partial charge in [-0.1, -0.05) is 0 Å². The highest BCUT2D eigenvalue weighted by molar-refractivity contribution is 5.49. The van der Waals surface area contributed by atoms with Crippen molar-refractivity contribution in [2.45, 2.75) is 13.0 Å². The van der Waals surface area contributed by atoms with E-state index in [1.807, 2.05) is 6.92 Å². The monoisotopic (exact) mass is 198 g/mol. The van der Waals surface area contributed by atoms with Gasteiger partial charge >= 0.3 is 0 Å². The predicted molar refractivity (Wildman–Crippen MR) is 55.1 cm³/mol. The highest BCUT2D eigenvalue weighted by Gasteiger charge is 2.04. The number of hydrogen-bond acceptors (Lipinski definition) is 3. The summed E-state index contributed by atoms with van der Waals surface area (Å²) in [6.07, 6.45) is 0. The number of anilines is 1.